The molecule has 0 spiro atoms. The summed E-state index contributed by atoms with van der Waals surface area (Å²) >= 11 is 0. The van der Waals surface area contributed by atoms with Crippen molar-refractivity contribution in [2.24, 2.45) is 5.73 Å². The summed E-state index contributed by atoms with van der Waals surface area (Å²) < 4.78 is 18.9. The van der Waals surface area contributed by atoms with Gasteiger partial charge in [0.15, 0.2) is 6.61 Å². The largest absolute Gasteiger partial charge is 0.498 e. The van der Waals surface area contributed by atoms with Crippen molar-refractivity contribution in [2.45, 2.75) is 58.4 Å². The summed E-state index contributed by atoms with van der Waals surface area (Å²) in [7, 11) is -0.466. The van der Waals surface area contributed by atoms with Gasteiger partial charge in [0.05, 0.1) is 17.7 Å². The van der Waals surface area contributed by atoms with E-state index in [1.165, 1.54) is 0 Å². The molecule has 0 unspecified atom stereocenters. The third-order valence-electron chi connectivity index (χ3n) is 7.09. The highest BCUT2D eigenvalue weighted by Gasteiger charge is 2.52. The first-order chi connectivity index (χ1) is 18.0. The van der Waals surface area contributed by atoms with Crippen LogP contribution in [0.3, 0.4) is 0 Å². The highest BCUT2D eigenvalue weighted by atomic mass is 16.7. The van der Waals surface area contributed by atoms with E-state index in [2.05, 4.69) is 5.10 Å². The lowest BCUT2D eigenvalue weighted by Gasteiger charge is -2.32. The molecule has 38 heavy (non-hydrogen) atoms. The zero-order chi connectivity index (χ0) is 27.3. The number of nitrogens with two attached hydrogens (primary N) is 1. The van der Waals surface area contributed by atoms with Crippen LogP contribution in [-0.4, -0.2) is 58.2 Å². The normalized spacial score (nSPS) is 15.8. The Balaban J connectivity index is 1.43. The van der Waals surface area contributed by atoms with Crippen molar-refractivity contribution in [3.8, 4) is 0 Å². The molecular weight excluding hydrogens is 483 g/mol. The van der Waals surface area contributed by atoms with E-state index in [1.807, 2.05) is 93.2 Å². The summed E-state index contributed by atoms with van der Waals surface area (Å²) in [6.45, 7) is 9.11. The lowest BCUT2D eigenvalue weighted by Crippen LogP contribution is -2.41. The molecule has 3 aromatic rings. The standard InChI is InChI=1S/C28H35BN4O5/c1-27(2)28(3,4)38-29(37-27)24-16-31-33(19-24)18-23-12-8-11-22(15-23)17-32(25(34)20-36-26(30)35)14-13-21-9-6-5-7-10-21/h5-12,15-16,19H,13-14,17-18,20H2,1-4H3,(H2,30,35). The molecule has 0 bridgehead atoms. The first-order valence-corrected chi connectivity index (χ1v) is 12.7. The number of carbonyl (C=O) groups excluding carboxylic acids is 2. The molecule has 0 aliphatic carbocycles. The fourth-order valence-corrected chi connectivity index (χ4v) is 4.23. The lowest BCUT2D eigenvalue weighted by molar-refractivity contribution is -0.134. The lowest BCUT2D eigenvalue weighted by atomic mass is 9.82. The molecule has 9 nitrogen and oxygen atoms in total. The number of hydrogen-bond acceptors (Lipinski definition) is 6. The Labute approximate surface area is 224 Å². The molecule has 2 heterocycles. The van der Waals surface area contributed by atoms with Crippen LogP contribution in [-0.2, 0) is 38.4 Å². The van der Waals surface area contributed by atoms with Crippen LogP contribution >= 0.6 is 0 Å². The number of carbonyl (C=O) groups is 2. The van der Waals surface area contributed by atoms with Gasteiger partial charge in [-0.05, 0) is 50.8 Å². The highest BCUT2D eigenvalue weighted by Crippen LogP contribution is 2.36. The van der Waals surface area contributed by atoms with Gasteiger partial charge in [0.2, 0.25) is 0 Å². The molecule has 1 saturated heterocycles. The minimum Gasteiger partial charge on any atom is -0.440 e. The minimum absolute atomic E-state index is 0.302. The Morgan fingerprint density at radius 2 is 1.66 bits per heavy atom. The number of aromatic nitrogens is 2. The predicted octanol–water partition coefficient (Wildman–Crippen LogP) is 2.90. The van der Waals surface area contributed by atoms with E-state index >= 15 is 0 Å². The van der Waals surface area contributed by atoms with Crippen LogP contribution in [0.25, 0.3) is 0 Å². The molecule has 10 heteroatoms. The number of primary amides is 1. The van der Waals surface area contributed by atoms with Gasteiger partial charge in [-0.25, -0.2) is 4.79 Å². The van der Waals surface area contributed by atoms with E-state index in [-0.39, 0.29) is 5.91 Å². The number of nitrogens with zero attached hydrogens (tertiary/aromatic N) is 3. The van der Waals surface area contributed by atoms with Gasteiger partial charge in [-0.15, -0.1) is 0 Å². The fourth-order valence-electron chi connectivity index (χ4n) is 4.23. The van der Waals surface area contributed by atoms with Gasteiger partial charge in [0.25, 0.3) is 5.91 Å². The average molecular weight is 518 g/mol. The average Bonchev–Trinajstić information content (AvgIpc) is 3.41. The van der Waals surface area contributed by atoms with Crippen LogP contribution in [0, 0.1) is 0 Å². The van der Waals surface area contributed by atoms with Crippen molar-refractivity contribution in [1.29, 1.82) is 0 Å². The van der Waals surface area contributed by atoms with E-state index in [4.69, 9.17) is 19.8 Å². The number of rotatable bonds is 10. The quantitative estimate of drug-likeness (QED) is 0.414. The Kier molecular flexibility index (Phi) is 8.23. The number of ether oxygens (including phenoxy) is 1. The smallest absolute Gasteiger partial charge is 0.440 e. The van der Waals surface area contributed by atoms with E-state index in [0.29, 0.717) is 26.1 Å². The van der Waals surface area contributed by atoms with Gasteiger partial charge in [-0.3, -0.25) is 9.48 Å². The van der Waals surface area contributed by atoms with Crippen LogP contribution in [0.4, 0.5) is 4.79 Å². The molecular formula is C28H35BN4O5. The first kappa shape index (κ1) is 27.4. The molecule has 1 fully saturated rings. The number of benzene rings is 2. The molecule has 2 aromatic carbocycles. The van der Waals surface area contributed by atoms with Gasteiger partial charge in [-0.1, -0.05) is 54.6 Å². The van der Waals surface area contributed by atoms with E-state index in [1.54, 1.807) is 11.1 Å². The Morgan fingerprint density at radius 3 is 2.34 bits per heavy atom. The predicted molar refractivity (Wildman–Crippen MR) is 145 cm³/mol. The van der Waals surface area contributed by atoms with Crippen LogP contribution < -0.4 is 11.2 Å². The highest BCUT2D eigenvalue weighted by molar-refractivity contribution is 6.62. The zero-order valence-corrected chi connectivity index (χ0v) is 22.4. The van der Waals surface area contributed by atoms with Crippen molar-refractivity contribution in [3.63, 3.8) is 0 Å². The van der Waals surface area contributed by atoms with E-state index in [9.17, 15) is 9.59 Å². The summed E-state index contributed by atoms with van der Waals surface area (Å²) in [5, 5.41) is 4.51. The van der Waals surface area contributed by atoms with Gasteiger partial charge < -0.3 is 24.7 Å². The van der Waals surface area contributed by atoms with Crippen molar-refractivity contribution < 1.29 is 23.6 Å². The van der Waals surface area contributed by atoms with Crippen LogP contribution in [0.2, 0.25) is 0 Å². The Hall–Kier alpha value is -3.63. The SMILES string of the molecule is CC1(C)OB(c2cnn(Cc3cccc(CN(CCc4ccccc4)C(=O)COC(N)=O)c3)c2)OC1(C)C. The molecule has 1 aliphatic heterocycles. The zero-order valence-electron chi connectivity index (χ0n) is 22.4. The second kappa shape index (κ2) is 11.4. The van der Waals surface area contributed by atoms with Crippen LogP contribution in [0.1, 0.15) is 44.4 Å². The van der Waals surface area contributed by atoms with E-state index < -0.39 is 31.0 Å². The molecule has 4 rings (SSSR count). The monoisotopic (exact) mass is 518 g/mol. The topological polar surface area (TPSA) is 109 Å². The minimum atomic E-state index is -0.970. The summed E-state index contributed by atoms with van der Waals surface area (Å²) in [4.78, 5) is 25.5. The molecule has 2 N–H and O–H groups in total. The van der Waals surface area contributed by atoms with Crippen molar-refractivity contribution in [1.82, 2.24) is 14.7 Å². The molecule has 200 valence electrons. The molecule has 0 saturated carbocycles. The number of amides is 2. The number of hydrogen-bond donors (Lipinski definition) is 1. The van der Waals surface area contributed by atoms with Crippen molar-refractivity contribution in [2.75, 3.05) is 13.2 Å². The van der Waals surface area contributed by atoms with Gasteiger partial charge in [0, 0.05) is 30.9 Å². The van der Waals surface area contributed by atoms with Crippen LogP contribution in [0.5, 0.6) is 0 Å². The summed E-state index contributed by atoms with van der Waals surface area (Å²) in [5.41, 5.74) is 8.21. The van der Waals surface area contributed by atoms with Crippen LogP contribution in [0.15, 0.2) is 67.0 Å². The first-order valence-electron chi connectivity index (χ1n) is 12.7. The third-order valence-corrected chi connectivity index (χ3v) is 7.09. The second-order valence-electron chi connectivity index (χ2n) is 10.5. The molecule has 1 aromatic heterocycles. The van der Waals surface area contributed by atoms with E-state index in [0.717, 1.165) is 22.2 Å². The Morgan fingerprint density at radius 1 is 1.00 bits per heavy atom. The van der Waals surface area contributed by atoms with Crippen molar-refractivity contribution >= 4 is 24.6 Å². The molecule has 0 radical (unpaired) electrons. The maximum absolute atomic E-state index is 12.8. The fraction of sp³-hybridized carbons (Fsp3) is 0.393. The maximum atomic E-state index is 12.8. The summed E-state index contributed by atoms with van der Waals surface area (Å²) in [6, 6.07) is 17.9. The van der Waals surface area contributed by atoms with Gasteiger partial charge in [-0.2, -0.15) is 5.10 Å². The van der Waals surface area contributed by atoms with Crippen molar-refractivity contribution in [3.05, 3.63) is 83.7 Å². The molecule has 0 atom stereocenters. The molecule has 1 aliphatic rings. The second-order valence-corrected chi connectivity index (χ2v) is 10.5. The Bertz CT molecular complexity index is 1240. The summed E-state index contributed by atoms with van der Waals surface area (Å²) in [5.74, 6) is -0.302. The third kappa shape index (κ3) is 6.82. The maximum Gasteiger partial charge on any atom is 0.498 e. The summed E-state index contributed by atoms with van der Waals surface area (Å²) in [6.07, 6.45) is 3.42. The molecule has 2 amide bonds. The van der Waals surface area contributed by atoms with Gasteiger partial charge in [0.1, 0.15) is 0 Å². The van der Waals surface area contributed by atoms with Gasteiger partial charge >= 0.3 is 13.2 Å².